The Morgan fingerprint density at radius 1 is 1.19 bits per heavy atom. The Hall–Kier alpha value is -2.11. The van der Waals surface area contributed by atoms with E-state index < -0.39 is 5.60 Å². The summed E-state index contributed by atoms with van der Waals surface area (Å²) in [6, 6.07) is 5.44. The molecule has 0 radical (unpaired) electrons. The molecule has 1 aromatic carbocycles. The topological polar surface area (TPSA) is 74.0 Å². The van der Waals surface area contributed by atoms with E-state index in [0.717, 1.165) is 44.5 Å². The fraction of sp³-hybridized carbons (Fsp3) is 0.667. The van der Waals surface area contributed by atoms with E-state index in [1.54, 1.807) is 13.2 Å². The first kappa shape index (κ1) is 21.2. The van der Waals surface area contributed by atoms with E-state index in [9.17, 15) is 4.79 Å². The predicted molar refractivity (Wildman–Crippen MR) is 107 cm³/mol. The van der Waals surface area contributed by atoms with Gasteiger partial charge in [-0.2, -0.15) is 0 Å². The molecule has 1 amide bonds. The standard InChI is InChI=1S/C21H34N2O4/c1-21(2,3)27-20(24)23-12-10-16(11-13-23)7-5-6-14-26-18-9-8-17(22)15-19(18)25-4/h8-9,15-16H,5-7,10-14,22H2,1-4H3. The van der Waals surface area contributed by atoms with Crippen LogP contribution in [0.15, 0.2) is 18.2 Å². The van der Waals surface area contributed by atoms with Crippen LogP contribution in [0.5, 0.6) is 11.5 Å². The first-order valence-electron chi connectivity index (χ1n) is 9.83. The molecule has 0 atom stereocenters. The average Bonchev–Trinajstić information content (AvgIpc) is 2.61. The first-order chi connectivity index (χ1) is 12.8. The summed E-state index contributed by atoms with van der Waals surface area (Å²) in [6.45, 7) is 7.95. The predicted octanol–water partition coefficient (Wildman–Crippen LogP) is 4.47. The van der Waals surface area contributed by atoms with E-state index in [1.807, 2.05) is 37.8 Å². The van der Waals surface area contributed by atoms with Crippen molar-refractivity contribution in [1.82, 2.24) is 4.90 Å². The van der Waals surface area contributed by atoms with Crippen LogP contribution in [-0.2, 0) is 4.74 Å². The molecule has 0 aromatic heterocycles. The zero-order chi connectivity index (χ0) is 19.9. The zero-order valence-corrected chi connectivity index (χ0v) is 17.1. The molecule has 0 saturated carbocycles. The van der Waals surface area contributed by atoms with Gasteiger partial charge >= 0.3 is 6.09 Å². The van der Waals surface area contributed by atoms with Gasteiger partial charge in [0, 0.05) is 24.8 Å². The maximum atomic E-state index is 12.1. The number of anilines is 1. The maximum Gasteiger partial charge on any atom is 0.410 e. The lowest BCUT2D eigenvalue weighted by Crippen LogP contribution is -2.41. The van der Waals surface area contributed by atoms with Crippen LogP contribution in [0.25, 0.3) is 0 Å². The highest BCUT2D eigenvalue weighted by Gasteiger charge is 2.26. The quantitative estimate of drug-likeness (QED) is 0.559. The number of carbonyl (C=O) groups is 1. The normalized spacial score (nSPS) is 15.5. The fourth-order valence-electron chi connectivity index (χ4n) is 3.25. The summed E-state index contributed by atoms with van der Waals surface area (Å²) >= 11 is 0. The van der Waals surface area contributed by atoms with Crippen LogP contribution in [-0.4, -0.2) is 43.4 Å². The van der Waals surface area contributed by atoms with Gasteiger partial charge in [-0.05, 0) is 64.5 Å². The molecule has 27 heavy (non-hydrogen) atoms. The number of piperidine rings is 1. The Labute approximate surface area is 163 Å². The second kappa shape index (κ2) is 9.72. The van der Waals surface area contributed by atoms with Crippen LogP contribution in [0.1, 0.15) is 52.9 Å². The third-order valence-electron chi connectivity index (χ3n) is 4.72. The number of likely N-dealkylation sites (tertiary alicyclic amines) is 1. The number of nitrogen functional groups attached to an aromatic ring is 1. The van der Waals surface area contributed by atoms with Crippen LogP contribution >= 0.6 is 0 Å². The second-order valence-corrected chi connectivity index (χ2v) is 8.17. The van der Waals surface area contributed by atoms with Crippen molar-refractivity contribution < 1.29 is 19.0 Å². The number of methoxy groups -OCH3 is 1. The Morgan fingerprint density at radius 2 is 1.89 bits per heavy atom. The summed E-state index contributed by atoms with van der Waals surface area (Å²) < 4.78 is 16.6. The van der Waals surface area contributed by atoms with Gasteiger partial charge in [-0.3, -0.25) is 0 Å². The van der Waals surface area contributed by atoms with Crippen molar-refractivity contribution in [2.75, 3.05) is 32.5 Å². The highest BCUT2D eigenvalue weighted by Crippen LogP contribution is 2.29. The molecule has 1 aliphatic rings. The van der Waals surface area contributed by atoms with Crippen molar-refractivity contribution in [3.63, 3.8) is 0 Å². The van der Waals surface area contributed by atoms with Gasteiger partial charge in [0.05, 0.1) is 13.7 Å². The smallest absolute Gasteiger partial charge is 0.410 e. The van der Waals surface area contributed by atoms with Crippen LogP contribution in [0.4, 0.5) is 10.5 Å². The van der Waals surface area contributed by atoms with Gasteiger partial charge < -0.3 is 24.8 Å². The van der Waals surface area contributed by atoms with Gasteiger partial charge in [-0.1, -0.05) is 6.42 Å². The number of ether oxygens (including phenoxy) is 3. The zero-order valence-electron chi connectivity index (χ0n) is 17.1. The molecular formula is C21H34N2O4. The number of benzene rings is 1. The largest absolute Gasteiger partial charge is 0.493 e. The van der Waals surface area contributed by atoms with Crippen molar-refractivity contribution in [3.05, 3.63) is 18.2 Å². The minimum absolute atomic E-state index is 0.188. The van der Waals surface area contributed by atoms with E-state index in [-0.39, 0.29) is 6.09 Å². The number of amides is 1. The molecular weight excluding hydrogens is 344 g/mol. The molecule has 0 aliphatic carbocycles. The Bertz CT molecular complexity index is 605. The molecule has 1 saturated heterocycles. The van der Waals surface area contributed by atoms with Crippen LogP contribution in [0.2, 0.25) is 0 Å². The summed E-state index contributed by atoms with van der Waals surface area (Å²) in [5.74, 6) is 2.08. The third kappa shape index (κ3) is 7.19. The second-order valence-electron chi connectivity index (χ2n) is 8.17. The van der Waals surface area contributed by atoms with Crippen molar-refractivity contribution in [2.45, 2.75) is 58.5 Å². The van der Waals surface area contributed by atoms with Crippen molar-refractivity contribution in [1.29, 1.82) is 0 Å². The summed E-state index contributed by atoms with van der Waals surface area (Å²) in [7, 11) is 1.62. The van der Waals surface area contributed by atoms with Crippen molar-refractivity contribution >= 4 is 11.8 Å². The average molecular weight is 379 g/mol. The van der Waals surface area contributed by atoms with Crippen molar-refractivity contribution in [3.8, 4) is 11.5 Å². The third-order valence-corrected chi connectivity index (χ3v) is 4.72. The summed E-state index contributed by atoms with van der Waals surface area (Å²) in [5.41, 5.74) is 5.99. The Balaban J connectivity index is 1.62. The number of rotatable bonds is 7. The van der Waals surface area contributed by atoms with E-state index in [0.29, 0.717) is 24.0 Å². The Morgan fingerprint density at radius 3 is 2.52 bits per heavy atom. The molecule has 2 rings (SSSR count). The van der Waals surface area contributed by atoms with Gasteiger partial charge in [0.1, 0.15) is 5.60 Å². The van der Waals surface area contributed by atoms with Crippen LogP contribution < -0.4 is 15.2 Å². The highest BCUT2D eigenvalue weighted by molar-refractivity contribution is 5.68. The molecule has 6 heteroatoms. The molecule has 1 heterocycles. The number of carbonyl (C=O) groups excluding carboxylic acids is 1. The van der Waals surface area contributed by atoms with E-state index >= 15 is 0 Å². The van der Waals surface area contributed by atoms with Gasteiger partial charge in [0.2, 0.25) is 0 Å². The van der Waals surface area contributed by atoms with Gasteiger partial charge in [-0.15, -0.1) is 0 Å². The van der Waals surface area contributed by atoms with Crippen LogP contribution in [0.3, 0.4) is 0 Å². The summed E-state index contributed by atoms with van der Waals surface area (Å²) in [5, 5.41) is 0. The molecule has 1 aromatic rings. The minimum Gasteiger partial charge on any atom is -0.493 e. The highest BCUT2D eigenvalue weighted by atomic mass is 16.6. The lowest BCUT2D eigenvalue weighted by Gasteiger charge is -2.33. The van der Waals surface area contributed by atoms with E-state index in [1.165, 1.54) is 6.42 Å². The minimum atomic E-state index is -0.429. The SMILES string of the molecule is COc1cc(N)ccc1OCCCCC1CCN(C(=O)OC(C)(C)C)CC1. The summed E-state index contributed by atoms with van der Waals surface area (Å²) in [6.07, 6.45) is 5.20. The van der Waals surface area contributed by atoms with Gasteiger partial charge in [0.25, 0.3) is 0 Å². The molecule has 0 bridgehead atoms. The monoisotopic (exact) mass is 378 g/mol. The Kier molecular flexibility index (Phi) is 7.63. The van der Waals surface area contributed by atoms with Crippen LogP contribution in [0, 0.1) is 5.92 Å². The van der Waals surface area contributed by atoms with Gasteiger partial charge in [0.15, 0.2) is 11.5 Å². The number of nitrogens with two attached hydrogens (primary N) is 1. The number of hydrogen-bond acceptors (Lipinski definition) is 5. The number of nitrogens with zero attached hydrogens (tertiary/aromatic N) is 1. The first-order valence-corrected chi connectivity index (χ1v) is 9.83. The molecule has 2 N–H and O–H groups in total. The molecule has 152 valence electrons. The number of hydrogen-bond donors (Lipinski definition) is 1. The molecule has 0 spiro atoms. The van der Waals surface area contributed by atoms with E-state index in [2.05, 4.69) is 0 Å². The fourth-order valence-corrected chi connectivity index (χ4v) is 3.25. The van der Waals surface area contributed by atoms with Gasteiger partial charge in [-0.25, -0.2) is 4.79 Å². The molecule has 1 fully saturated rings. The molecule has 1 aliphatic heterocycles. The molecule has 6 nitrogen and oxygen atoms in total. The van der Waals surface area contributed by atoms with Crippen molar-refractivity contribution in [2.24, 2.45) is 5.92 Å². The number of unbranched alkanes of at least 4 members (excludes halogenated alkanes) is 1. The lowest BCUT2D eigenvalue weighted by atomic mass is 9.92. The molecule has 0 unspecified atom stereocenters. The summed E-state index contributed by atoms with van der Waals surface area (Å²) in [4.78, 5) is 13.9. The maximum absolute atomic E-state index is 12.1. The van der Waals surface area contributed by atoms with E-state index in [4.69, 9.17) is 19.9 Å². The lowest BCUT2D eigenvalue weighted by molar-refractivity contribution is 0.0180.